The number of hydrogen-bond acceptors (Lipinski definition) is 9. The second-order valence-electron chi connectivity index (χ2n) is 15.5. The average Bonchev–Trinajstić information content (AvgIpc) is 3.44. The maximum absolute atomic E-state index is 14.4. The molecular weight excluding hydrogens is 716 g/mol. The van der Waals surface area contributed by atoms with E-state index in [0.717, 1.165) is 22.9 Å². The number of halogens is 1. The van der Waals surface area contributed by atoms with Crippen LogP contribution < -0.4 is 0 Å². The molecule has 12 atom stereocenters. The molecule has 3 fully saturated rings. The molecule has 0 unspecified atom stereocenters. The monoisotopic (exact) mass is 768 g/mol. The minimum absolute atomic E-state index is 0.00817. The summed E-state index contributed by atoms with van der Waals surface area (Å²) >= 11 is 3.41. The molecule has 10 heteroatoms. The Morgan fingerprint density at radius 1 is 1.16 bits per heavy atom. The van der Waals surface area contributed by atoms with Crippen LogP contribution in [-0.2, 0) is 28.5 Å². The second kappa shape index (κ2) is 15.4. The predicted molar refractivity (Wildman–Crippen MR) is 195 cm³/mol. The van der Waals surface area contributed by atoms with Crippen LogP contribution in [0.2, 0.25) is 0 Å². The molecule has 4 heterocycles. The van der Waals surface area contributed by atoms with E-state index in [1.807, 2.05) is 32.1 Å². The largest absolute Gasteiger partial charge is 0.462 e. The lowest BCUT2D eigenvalue weighted by Gasteiger charge is -2.51. The lowest BCUT2D eigenvalue weighted by Crippen LogP contribution is -2.59. The van der Waals surface area contributed by atoms with Gasteiger partial charge >= 0.3 is 11.9 Å². The average molecular weight is 770 g/mol. The predicted octanol–water partition coefficient (Wildman–Crippen LogP) is 7.16. The van der Waals surface area contributed by atoms with Crippen molar-refractivity contribution < 1.29 is 43.5 Å². The van der Waals surface area contributed by atoms with E-state index in [-0.39, 0.29) is 24.7 Å². The Morgan fingerprint density at radius 2 is 1.94 bits per heavy atom. The Morgan fingerprint density at radius 3 is 2.69 bits per heavy atom. The van der Waals surface area contributed by atoms with Crippen LogP contribution >= 0.6 is 15.9 Å². The highest BCUT2D eigenvalue weighted by molar-refractivity contribution is 9.10. The van der Waals surface area contributed by atoms with Crippen molar-refractivity contribution in [1.82, 2.24) is 0 Å². The molecule has 2 N–H and O–H groups in total. The lowest BCUT2D eigenvalue weighted by molar-refractivity contribution is -0.340. The minimum Gasteiger partial charge on any atom is -0.462 e. The van der Waals surface area contributed by atoms with Crippen LogP contribution in [-0.4, -0.2) is 76.8 Å². The number of allylic oxidation sites excluding steroid dienone is 2. The van der Waals surface area contributed by atoms with Gasteiger partial charge in [-0.05, 0) is 73.4 Å². The summed E-state index contributed by atoms with van der Waals surface area (Å²) in [6, 6.07) is 6.88. The molecule has 6 rings (SSSR count). The van der Waals surface area contributed by atoms with Crippen LogP contribution in [0, 0.1) is 23.7 Å². The van der Waals surface area contributed by atoms with Gasteiger partial charge in [0, 0.05) is 29.7 Å². The molecule has 0 radical (unpaired) electrons. The third kappa shape index (κ3) is 7.73. The van der Waals surface area contributed by atoms with E-state index in [9.17, 15) is 19.8 Å². The Hall–Kier alpha value is -2.60. The highest BCUT2D eigenvalue weighted by Gasteiger charge is 2.61. The zero-order valence-corrected chi connectivity index (χ0v) is 32.1. The van der Waals surface area contributed by atoms with E-state index in [1.54, 1.807) is 43.4 Å². The Kier molecular flexibility index (Phi) is 11.5. The number of aliphatic hydroxyl groups is 2. The topological polar surface area (TPSA) is 121 Å². The molecule has 1 spiro atoms. The summed E-state index contributed by atoms with van der Waals surface area (Å²) < 4.78 is 33.0. The van der Waals surface area contributed by atoms with E-state index >= 15 is 0 Å². The second-order valence-corrected chi connectivity index (χ2v) is 16.4. The minimum atomic E-state index is -1.86. The highest BCUT2D eigenvalue weighted by atomic mass is 79.9. The zero-order chi connectivity index (χ0) is 36.7. The van der Waals surface area contributed by atoms with Gasteiger partial charge in [0.05, 0.1) is 30.5 Å². The maximum Gasteiger partial charge on any atom is 0.338 e. The Balaban J connectivity index is 1.37. The van der Waals surface area contributed by atoms with Gasteiger partial charge in [0.1, 0.15) is 23.7 Å². The van der Waals surface area contributed by atoms with Crippen LogP contribution in [0.3, 0.4) is 0 Å². The number of aliphatic hydroxyl groups excluding tert-OH is 1. The van der Waals surface area contributed by atoms with Gasteiger partial charge in [0.2, 0.25) is 0 Å². The fourth-order valence-electron chi connectivity index (χ4n) is 8.49. The third-order valence-corrected chi connectivity index (χ3v) is 12.2. The van der Waals surface area contributed by atoms with Gasteiger partial charge in [-0.2, -0.15) is 0 Å². The number of carbonyl (C=O) groups is 2. The molecular formula is C41H53BrO9. The first-order valence-electron chi connectivity index (χ1n) is 18.5. The number of esters is 2. The molecule has 51 heavy (non-hydrogen) atoms. The summed E-state index contributed by atoms with van der Waals surface area (Å²) in [4.78, 5) is 27.8. The molecule has 9 nitrogen and oxygen atoms in total. The number of fused-ring (bicyclic) bond motifs is 2. The fraction of sp³-hybridized carbons (Fsp3) is 0.610. The summed E-state index contributed by atoms with van der Waals surface area (Å²) in [5.41, 5.74) is 0.348. The normalized spacial score (nSPS) is 41.9. The van der Waals surface area contributed by atoms with Crippen LogP contribution in [0.5, 0.6) is 0 Å². The van der Waals surface area contributed by atoms with E-state index in [1.165, 1.54) is 0 Å². The molecule has 5 aliphatic rings. The molecule has 278 valence electrons. The van der Waals surface area contributed by atoms with Gasteiger partial charge in [-0.15, -0.1) is 0 Å². The Bertz CT molecular complexity index is 1590. The third-order valence-electron chi connectivity index (χ3n) is 11.7. The standard InChI is InChI=1S/C41H53BrO9/c1-7-23(2)35-26(5)16-17-40(51-35)21-32-20-31(50-40)15-14-25(4)34(43)24(3)10-8-12-29-22-47-37-36(49-38(44)28-11-9-13-30(42)19-28)27(6)18-33(39(45)48-32)41(29,37)46/h8-14,18-19,23-24,26,31-37,43,46H,7,15-17,20-22H2,1-6H3/b10-8+,25-14+,29-12+/t23-,24-,26-,31+,32-,33-,34-,35+,36+,37+,40+,41+/m0/s1. The van der Waals surface area contributed by atoms with E-state index in [2.05, 4.69) is 36.7 Å². The molecule has 3 saturated heterocycles. The van der Waals surface area contributed by atoms with Crippen molar-refractivity contribution in [2.45, 2.75) is 128 Å². The smallest absolute Gasteiger partial charge is 0.338 e. The molecule has 2 bridgehead atoms. The van der Waals surface area contributed by atoms with Crippen LogP contribution in [0.1, 0.15) is 90.4 Å². The number of hydrogen-bond donors (Lipinski definition) is 2. The summed E-state index contributed by atoms with van der Waals surface area (Å²) in [6.45, 7) is 12.2. The number of carbonyl (C=O) groups excluding carboxylic acids is 2. The Labute approximate surface area is 310 Å². The molecule has 1 aromatic rings. The van der Waals surface area contributed by atoms with Gasteiger partial charge in [-0.25, -0.2) is 4.79 Å². The van der Waals surface area contributed by atoms with Crippen LogP contribution in [0.15, 0.2) is 75.8 Å². The van der Waals surface area contributed by atoms with Crippen molar-refractivity contribution in [3.8, 4) is 0 Å². The number of benzene rings is 1. The molecule has 0 saturated carbocycles. The first-order chi connectivity index (χ1) is 24.2. The van der Waals surface area contributed by atoms with Gasteiger partial charge in [0.25, 0.3) is 0 Å². The van der Waals surface area contributed by atoms with Crippen LogP contribution in [0.25, 0.3) is 0 Å². The van der Waals surface area contributed by atoms with Crippen LogP contribution in [0.4, 0.5) is 0 Å². The lowest BCUT2D eigenvalue weighted by atomic mass is 9.70. The molecule has 1 aliphatic carbocycles. The highest BCUT2D eigenvalue weighted by Crippen LogP contribution is 2.48. The van der Waals surface area contributed by atoms with Gasteiger partial charge < -0.3 is 33.9 Å². The summed E-state index contributed by atoms with van der Waals surface area (Å²) in [5, 5.41) is 23.9. The molecule has 4 aliphatic heterocycles. The molecule has 1 aromatic carbocycles. The van der Waals surface area contributed by atoms with Gasteiger partial charge in [-0.3, -0.25) is 4.79 Å². The zero-order valence-electron chi connectivity index (χ0n) is 30.5. The maximum atomic E-state index is 14.4. The van der Waals surface area contributed by atoms with Crippen molar-refractivity contribution in [2.75, 3.05) is 6.61 Å². The number of ether oxygens (including phenoxy) is 5. The molecule has 0 amide bonds. The quantitative estimate of drug-likeness (QED) is 0.243. The van der Waals surface area contributed by atoms with Gasteiger partial charge in [0.15, 0.2) is 11.9 Å². The molecule has 0 aromatic heterocycles. The number of rotatable bonds is 4. The summed E-state index contributed by atoms with van der Waals surface area (Å²) in [6.07, 6.45) is 9.42. The first-order valence-corrected chi connectivity index (χ1v) is 19.3. The first kappa shape index (κ1) is 38.1. The summed E-state index contributed by atoms with van der Waals surface area (Å²) in [7, 11) is 0. The van der Waals surface area contributed by atoms with Crippen molar-refractivity contribution in [2.24, 2.45) is 23.7 Å². The van der Waals surface area contributed by atoms with E-state index < -0.39 is 53.7 Å². The van der Waals surface area contributed by atoms with E-state index in [0.29, 0.717) is 54.2 Å². The van der Waals surface area contributed by atoms with Crippen molar-refractivity contribution >= 4 is 27.9 Å². The fourth-order valence-corrected chi connectivity index (χ4v) is 8.89. The van der Waals surface area contributed by atoms with Crippen molar-refractivity contribution in [1.29, 1.82) is 0 Å². The van der Waals surface area contributed by atoms with Gasteiger partial charge in [-0.1, -0.05) is 86.5 Å². The summed E-state index contributed by atoms with van der Waals surface area (Å²) in [5.74, 6) is -2.73. The SMILES string of the molecule is CC[C@H](C)[C@H]1O[C@]2(CC[C@@H]1C)C[C@@H]1C[C@@H](C/C=C(\C)[C@@H](O)[C@@H](C)/C=C/C=C3\CO[C@@H]4[C@H](OC(=O)c5cccc(Br)c5)C(C)=C[C@@H](C(=O)O1)[C@]34O)O2. The van der Waals surface area contributed by atoms with E-state index in [4.69, 9.17) is 23.7 Å². The van der Waals surface area contributed by atoms with Crippen molar-refractivity contribution in [3.63, 3.8) is 0 Å². The van der Waals surface area contributed by atoms with Crippen molar-refractivity contribution in [3.05, 3.63) is 81.4 Å².